The summed E-state index contributed by atoms with van der Waals surface area (Å²) in [6.45, 7) is 4.32. The lowest BCUT2D eigenvalue weighted by Crippen LogP contribution is -2.58. The van der Waals surface area contributed by atoms with E-state index in [0.717, 1.165) is 75.3 Å². The first-order valence-electron chi connectivity index (χ1n) is 29.0. The molecule has 21 nitrogen and oxygen atoms in total. The van der Waals surface area contributed by atoms with Crippen LogP contribution >= 0.6 is 0 Å². The SMILES string of the molecule is CN[C@@H](C)C(=O)N[C@H](C(=O)N1C[C@@H](CC(=O)c2cnc(C(=O)N[C@H]3C[C@@H](C(=O)N[C@@H]4CCOc5ccccc54)N(C(=O)[C@@H](NC(=O)[C@H](C)NC)C4CCCCC4)C3)cn2)C[C@H]1C(=O)N[C@@H]1CCOc2ccccc21)C1CCCCC1. The summed E-state index contributed by atoms with van der Waals surface area (Å²) < 4.78 is 11.7. The molecule has 7 amide bonds. The Balaban J connectivity index is 0.896. The van der Waals surface area contributed by atoms with Crippen molar-refractivity contribution in [2.75, 3.05) is 40.4 Å². The van der Waals surface area contributed by atoms with Crippen LogP contribution in [0.2, 0.25) is 0 Å². The third kappa shape index (κ3) is 13.4. The minimum atomic E-state index is -0.983. The van der Waals surface area contributed by atoms with Crippen molar-refractivity contribution >= 4 is 47.1 Å². The number of rotatable bonds is 19. The van der Waals surface area contributed by atoms with E-state index in [4.69, 9.17) is 9.47 Å². The molecule has 5 heterocycles. The van der Waals surface area contributed by atoms with Crippen LogP contribution in [0, 0.1) is 17.8 Å². The van der Waals surface area contributed by atoms with Crippen LogP contribution in [-0.4, -0.2) is 150 Å². The lowest BCUT2D eigenvalue weighted by atomic mass is 9.83. The van der Waals surface area contributed by atoms with E-state index in [2.05, 4.69) is 47.2 Å². The van der Waals surface area contributed by atoms with Crippen LogP contribution in [0.3, 0.4) is 0 Å². The van der Waals surface area contributed by atoms with Gasteiger partial charge in [-0.05, 0) is 96.4 Å². The highest BCUT2D eigenvalue weighted by atomic mass is 16.5. The van der Waals surface area contributed by atoms with Crippen molar-refractivity contribution in [1.29, 1.82) is 0 Å². The van der Waals surface area contributed by atoms with Gasteiger partial charge >= 0.3 is 0 Å². The molecule has 430 valence electrons. The number of hydrogen-bond acceptors (Lipinski definition) is 14. The second-order valence-corrected chi connectivity index (χ2v) is 22.7. The number of carbonyl (C=O) groups is 8. The number of Topliss-reactive ketones (excluding diaryl/α,β-unsaturated/α-hetero) is 1. The predicted octanol–water partition coefficient (Wildman–Crippen LogP) is 3.59. The van der Waals surface area contributed by atoms with Crippen LogP contribution in [-0.2, 0) is 28.8 Å². The van der Waals surface area contributed by atoms with Crippen LogP contribution in [0.15, 0.2) is 60.9 Å². The molecule has 10 atom stereocenters. The summed E-state index contributed by atoms with van der Waals surface area (Å²) in [4.78, 5) is 125. The number of ketones is 1. The first-order valence-corrected chi connectivity index (χ1v) is 29.0. The van der Waals surface area contributed by atoms with Gasteiger partial charge in [0.25, 0.3) is 5.91 Å². The van der Waals surface area contributed by atoms with Crippen molar-refractivity contribution in [2.45, 2.75) is 165 Å². The average Bonchev–Trinajstić information content (AvgIpc) is 4.12. The quantitative estimate of drug-likeness (QED) is 0.0847. The van der Waals surface area contributed by atoms with E-state index in [0.29, 0.717) is 37.6 Å². The van der Waals surface area contributed by atoms with Crippen LogP contribution in [0.5, 0.6) is 11.5 Å². The summed E-state index contributed by atoms with van der Waals surface area (Å²) in [6, 6.07) is 8.81. The normalized spacial score (nSPS) is 24.5. The van der Waals surface area contributed by atoms with E-state index in [1.165, 1.54) is 17.3 Å². The molecule has 80 heavy (non-hydrogen) atoms. The molecule has 0 unspecified atom stereocenters. The van der Waals surface area contributed by atoms with Crippen molar-refractivity contribution in [1.82, 2.24) is 57.0 Å². The van der Waals surface area contributed by atoms with Crippen molar-refractivity contribution in [3.63, 3.8) is 0 Å². The largest absolute Gasteiger partial charge is 0.493 e. The summed E-state index contributed by atoms with van der Waals surface area (Å²) in [5.41, 5.74) is 1.56. The Morgan fingerprint density at radius 3 is 1.52 bits per heavy atom. The van der Waals surface area contributed by atoms with Crippen LogP contribution in [0.4, 0.5) is 0 Å². The molecule has 0 radical (unpaired) electrons. The molecule has 9 rings (SSSR count). The Kier molecular flexibility index (Phi) is 19.1. The third-order valence-electron chi connectivity index (χ3n) is 17.4. The van der Waals surface area contributed by atoms with Gasteiger partial charge in [-0.2, -0.15) is 0 Å². The van der Waals surface area contributed by atoms with Gasteiger partial charge in [0.15, 0.2) is 5.78 Å². The smallest absolute Gasteiger partial charge is 0.271 e. The molecule has 2 saturated heterocycles. The van der Waals surface area contributed by atoms with Crippen LogP contribution in [0.1, 0.15) is 154 Å². The topological polar surface area (TPSA) is 271 Å². The van der Waals surface area contributed by atoms with Gasteiger partial charge in [0.1, 0.15) is 47.1 Å². The highest BCUT2D eigenvalue weighted by Gasteiger charge is 2.47. The number of benzene rings is 2. The summed E-state index contributed by atoms with van der Waals surface area (Å²) in [5.74, 6) is -2.51. The number of likely N-dealkylation sites (N-methyl/N-ethyl adjacent to an activating group) is 2. The molecule has 21 heteroatoms. The highest BCUT2D eigenvalue weighted by molar-refractivity contribution is 5.98. The first-order chi connectivity index (χ1) is 38.7. The van der Waals surface area contributed by atoms with Gasteiger partial charge in [0.2, 0.25) is 35.4 Å². The van der Waals surface area contributed by atoms with E-state index in [-0.39, 0.29) is 97.2 Å². The number of amides is 7. The van der Waals surface area contributed by atoms with Gasteiger partial charge in [-0.3, -0.25) is 38.4 Å². The third-order valence-corrected chi connectivity index (χ3v) is 17.4. The Morgan fingerprint density at radius 1 is 0.575 bits per heavy atom. The lowest BCUT2D eigenvalue weighted by Gasteiger charge is -2.35. The molecule has 0 spiro atoms. The molecular formula is C59H79N11O10. The van der Waals surface area contributed by atoms with Gasteiger partial charge < -0.3 is 56.5 Å². The zero-order chi connectivity index (χ0) is 56.5. The molecular weight excluding hydrogens is 1020 g/mol. The molecule has 2 saturated carbocycles. The second kappa shape index (κ2) is 26.5. The van der Waals surface area contributed by atoms with Crippen molar-refractivity contribution in [2.24, 2.45) is 17.8 Å². The zero-order valence-electron chi connectivity index (χ0n) is 46.5. The molecule has 4 aliphatic heterocycles. The zero-order valence-corrected chi connectivity index (χ0v) is 46.5. The van der Waals surface area contributed by atoms with E-state index in [9.17, 15) is 38.4 Å². The predicted molar refractivity (Wildman–Crippen MR) is 295 cm³/mol. The van der Waals surface area contributed by atoms with Crippen molar-refractivity contribution in [3.05, 3.63) is 83.4 Å². The molecule has 3 aromatic rings. The number of carbonyl (C=O) groups excluding carboxylic acids is 8. The Labute approximate surface area is 468 Å². The van der Waals surface area contributed by atoms with E-state index in [1.54, 1.807) is 32.8 Å². The number of ether oxygens (including phenoxy) is 2. The Morgan fingerprint density at radius 2 is 1.04 bits per heavy atom. The maximum atomic E-state index is 14.9. The van der Waals surface area contributed by atoms with Crippen LogP contribution in [0.25, 0.3) is 0 Å². The number of aromatic nitrogens is 2. The summed E-state index contributed by atoms with van der Waals surface area (Å²) in [6.07, 6.45) is 12.4. The van der Waals surface area contributed by atoms with E-state index >= 15 is 0 Å². The molecule has 6 aliphatic rings. The number of para-hydroxylation sites is 2. The second-order valence-electron chi connectivity index (χ2n) is 22.7. The fraction of sp³-hybridized carbons (Fsp3) is 0.593. The molecule has 0 bridgehead atoms. The number of likely N-dealkylation sites (tertiary alicyclic amines) is 2. The lowest BCUT2D eigenvalue weighted by molar-refractivity contribution is -0.143. The summed E-state index contributed by atoms with van der Waals surface area (Å²) in [7, 11) is 3.35. The van der Waals surface area contributed by atoms with E-state index < -0.39 is 65.8 Å². The monoisotopic (exact) mass is 1100 g/mol. The standard InChI is InChI=1S/C59H79N11O10/c1-34(60-3)53(72)67-51(37-15-7-5-8-16-37)58(77)69-32-36(27-46(69)56(75)65-42-23-25-79-49-21-13-11-19-40(42)49)28-48(71)44-30-63-45(31-62-44)55(74)64-39-29-47(57(76)66-43-24-26-80-50-22-14-12-20-41(43)50)70(33-39)59(78)52(38-17-9-6-10-18-38)68-54(73)35(2)61-4/h11-14,19-22,30-31,34-39,42-43,46-47,51-52,60-61H,5-10,15-18,23-29,32-33H2,1-4H3,(H,64,74)(H,65,75)(H,66,76)(H,67,72)(H,68,73)/t34-,35-,36+,39-,42+,43+,46-,47-,51-,52-/m0/s1. The fourth-order valence-electron chi connectivity index (χ4n) is 12.6. The van der Waals surface area contributed by atoms with Crippen molar-refractivity contribution < 1.29 is 47.8 Å². The molecule has 1 aromatic heterocycles. The molecule has 4 fully saturated rings. The summed E-state index contributed by atoms with van der Waals surface area (Å²) in [5, 5.41) is 21.3. The number of nitrogens with one attached hydrogen (secondary N) is 7. The van der Waals surface area contributed by atoms with Gasteiger partial charge in [-0.1, -0.05) is 74.9 Å². The number of fused-ring (bicyclic) bond motifs is 2. The van der Waals surface area contributed by atoms with Gasteiger partial charge in [-0.15, -0.1) is 0 Å². The summed E-state index contributed by atoms with van der Waals surface area (Å²) >= 11 is 0. The maximum absolute atomic E-state index is 14.9. The Hall–Kier alpha value is -7.00. The van der Waals surface area contributed by atoms with Gasteiger partial charge in [0.05, 0.1) is 49.8 Å². The Bertz CT molecular complexity index is 2550. The van der Waals surface area contributed by atoms with E-state index in [1.807, 2.05) is 48.5 Å². The number of hydrogen-bond donors (Lipinski definition) is 7. The molecule has 2 aromatic carbocycles. The molecule has 7 N–H and O–H groups in total. The fourth-order valence-corrected chi connectivity index (χ4v) is 12.6. The minimum Gasteiger partial charge on any atom is -0.493 e. The average molecular weight is 1100 g/mol. The first kappa shape index (κ1) is 57.7. The molecule has 2 aliphatic carbocycles. The number of nitrogens with zero attached hydrogens (tertiary/aromatic N) is 4. The van der Waals surface area contributed by atoms with Gasteiger partial charge in [0, 0.05) is 49.5 Å². The highest BCUT2D eigenvalue weighted by Crippen LogP contribution is 2.37. The van der Waals surface area contributed by atoms with Crippen molar-refractivity contribution in [3.8, 4) is 11.5 Å². The maximum Gasteiger partial charge on any atom is 0.271 e. The minimum absolute atomic E-state index is 0.00741. The van der Waals surface area contributed by atoms with Crippen LogP contribution < -0.4 is 46.7 Å². The van der Waals surface area contributed by atoms with Gasteiger partial charge in [-0.25, -0.2) is 9.97 Å².